The molecule has 0 aliphatic carbocycles. The van der Waals surface area contributed by atoms with Gasteiger partial charge in [-0.2, -0.15) is 5.10 Å². The molecule has 0 atom stereocenters. The summed E-state index contributed by atoms with van der Waals surface area (Å²) in [5, 5.41) is 13.7. The summed E-state index contributed by atoms with van der Waals surface area (Å²) in [5.74, 6) is -1.52. The van der Waals surface area contributed by atoms with Crippen LogP contribution in [0.1, 0.15) is 35.1 Å². The van der Waals surface area contributed by atoms with Gasteiger partial charge < -0.3 is 5.11 Å². The number of aryl methyl sites for hydroxylation is 2. The predicted molar refractivity (Wildman–Crippen MR) is 74.3 cm³/mol. The molecule has 0 amide bonds. The van der Waals surface area contributed by atoms with E-state index in [9.17, 15) is 14.3 Å². The molecule has 0 fully saturated rings. The van der Waals surface area contributed by atoms with Crippen molar-refractivity contribution >= 4 is 5.97 Å². The first-order chi connectivity index (χ1) is 9.45. The molecule has 1 heterocycles. The zero-order valence-electron chi connectivity index (χ0n) is 11.8. The molecule has 2 aromatic rings. The van der Waals surface area contributed by atoms with E-state index in [-0.39, 0.29) is 5.56 Å². The van der Waals surface area contributed by atoms with Crippen LogP contribution in [0.15, 0.2) is 18.2 Å². The number of aromatic carboxylic acids is 1. The van der Waals surface area contributed by atoms with Crippen LogP contribution in [0, 0.1) is 19.7 Å². The fraction of sp³-hybridized carbons (Fsp3) is 0.333. The van der Waals surface area contributed by atoms with Gasteiger partial charge in [0.05, 0.1) is 11.3 Å². The lowest BCUT2D eigenvalue weighted by molar-refractivity contribution is 0.0697. The van der Waals surface area contributed by atoms with Crippen molar-refractivity contribution in [2.45, 2.75) is 33.7 Å². The Morgan fingerprint density at radius 2 is 2.10 bits per heavy atom. The summed E-state index contributed by atoms with van der Waals surface area (Å²) < 4.78 is 15.3. The van der Waals surface area contributed by atoms with Gasteiger partial charge in [0.1, 0.15) is 5.82 Å². The molecular formula is C15H17FN2O2. The third-order valence-electron chi connectivity index (χ3n) is 3.30. The van der Waals surface area contributed by atoms with Gasteiger partial charge in [-0.05, 0) is 38.5 Å². The third-order valence-corrected chi connectivity index (χ3v) is 3.30. The number of carboxylic acids is 1. The molecule has 0 radical (unpaired) electrons. The molecule has 0 aliphatic heterocycles. The maximum absolute atomic E-state index is 13.5. The second kappa shape index (κ2) is 5.45. The summed E-state index contributed by atoms with van der Waals surface area (Å²) >= 11 is 0. The number of nitrogens with zero attached hydrogens (tertiary/aromatic N) is 2. The number of rotatable bonds is 4. The molecule has 20 heavy (non-hydrogen) atoms. The maximum atomic E-state index is 13.5. The topological polar surface area (TPSA) is 55.1 Å². The Bertz CT molecular complexity index is 662. The second-order valence-corrected chi connectivity index (χ2v) is 4.76. The highest BCUT2D eigenvalue weighted by atomic mass is 19.1. The molecule has 1 N–H and O–H groups in total. The molecule has 1 aromatic carbocycles. The standard InChI is InChI=1S/C15H17FN2O2/c1-4-7-18-10(3)14(9(2)17-18)13-8-11(16)5-6-12(13)15(19)20/h5-6,8H,4,7H2,1-3H3,(H,19,20). The molecule has 0 aliphatic rings. The lowest BCUT2D eigenvalue weighted by Crippen LogP contribution is -2.03. The molecular weight excluding hydrogens is 259 g/mol. The number of halogens is 1. The molecule has 4 nitrogen and oxygen atoms in total. The summed E-state index contributed by atoms with van der Waals surface area (Å²) in [6.07, 6.45) is 0.927. The first-order valence-corrected chi connectivity index (χ1v) is 6.53. The summed E-state index contributed by atoms with van der Waals surface area (Å²) in [7, 11) is 0. The van der Waals surface area contributed by atoms with Crippen LogP contribution in [-0.4, -0.2) is 20.9 Å². The number of hydrogen-bond donors (Lipinski definition) is 1. The van der Waals surface area contributed by atoms with Gasteiger partial charge in [0.15, 0.2) is 0 Å². The minimum atomic E-state index is -1.07. The summed E-state index contributed by atoms with van der Waals surface area (Å²) in [5.41, 5.74) is 2.75. The SMILES string of the molecule is CCCn1nc(C)c(-c2cc(F)ccc2C(=O)O)c1C. The molecule has 0 unspecified atom stereocenters. The highest BCUT2D eigenvalue weighted by molar-refractivity contribution is 5.96. The van der Waals surface area contributed by atoms with Crippen LogP contribution in [0.4, 0.5) is 4.39 Å². The molecule has 0 saturated heterocycles. The minimum absolute atomic E-state index is 0.0913. The molecule has 0 spiro atoms. The van der Waals surface area contributed by atoms with Crippen LogP contribution < -0.4 is 0 Å². The lowest BCUT2D eigenvalue weighted by Gasteiger charge is -2.08. The van der Waals surface area contributed by atoms with Gasteiger partial charge in [-0.3, -0.25) is 4.68 Å². The summed E-state index contributed by atoms with van der Waals surface area (Å²) in [6.45, 7) is 6.48. The second-order valence-electron chi connectivity index (χ2n) is 4.76. The first kappa shape index (κ1) is 14.2. The van der Waals surface area contributed by atoms with Gasteiger partial charge in [-0.1, -0.05) is 6.92 Å². The molecule has 5 heteroatoms. The highest BCUT2D eigenvalue weighted by Gasteiger charge is 2.19. The van der Waals surface area contributed by atoms with Gasteiger partial charge in [-0.15, -0.1) is 0 Å². The largest absolute Gasteiger partial charge is 0.478 e. The van der Waals surface area contributed by atoms with E-state index < -0.39 is 11.8 Å². The third kappa shape index (κ3) is 2.43. The fourth-order valence-corrected chi connectivity index (χ4v) is 2.43. The van der Waals surface area contributed by atoms with Crippen LogP contribution in [-0.2, 0) is 6.54 Å². The molecule has 1 aromatic heterocycles. The Labute approximate surface area is 116 Å². The maximum Gasteiger partial charge on any atom is 0.336 e. The summed E-state index contributed by atoms with van der Waals surface area (Å²) in [4.78, 5) is 11.3. The fourth-order valence-electron chi connectivity index (χ4n) is 2.43. The van der Waals surface area contributed by atoms with Gasteiger partial charge in [0, 0.05) is 23.4 Å². The Hall–Kier alpha value is -2.17. The van der Waals surface area contributed by atoms with Gasteiger partial charge in [0.25, 0.3) is 0 Å². The van der Waals surface area contributed by atoms with E-state index in [1.807, 2.05) is 25.5 Å². The van der Waals surface area contributed by atoms with Gasteiger partial charge >= 0.3 is 5.97 Å². The molecule has 0 saturated carbocycles. The van der Waals surface area contributed by atoms with Crippen molar-refractivity contribution < 1.29 is 14.3 Å². The molecule has 2 rings (SSSR count). The Morgan fingerprint density at radius 1 is 1.40 bits per heavy atom. The predicted octanol–water partition coefficient (Wildman–Crippen LogP) is 3.41. The zero-order valence-corrected chi connectivity index (χ0v) is 11.8. The van der Waals surface area contributed by atoms with Crippen LogP contribution >= 0.6 is 0 Å². The average Bonchev–Trinajstić information content (AvgIpc) is 2.64. The first-order valence-electron chi connectivity index (χ1n) is 6.53. The van der Waals surface area contributed by atoms with E-state index in [1.54, 1.807) is 0 Å². The van der Waals surface area contributed by atoms with Crippen molar-refractivity contribution in [1.82, 2.24) is 9.78 Å². The van der Waals surface area contributed by atoms with E-state index in [2.05, 4.69) is 5.10 Å². The average molecular weight is 276 g/mol. The normalized spacial score (nSPS) is 10.8. The van der Waals surface area contributed by atoms with Crippen molar-refractivity contribution in [3.05, 3.63) is 41.0 Å². The number of carbonyl (C=O) groups is 1. The monoisotopic (exact) mass is 276 g/mol. The van der Waals surface area contributed by atoms with Crippen molar-refractivity contribution in [2.24, 2.45) is 0 Å². The van der Waals surface area contributed by atoms with Crippen LogP contribution in [0.5, 0.6) is 0 Å². The number of aromatic nitrogens is 2. The van der Waals surface area contributed by atoms with Crippen molar-refractivity contribution in [3.8, 4) is 11.1 Å². The minimum Gasteiger partial charge on any atom is -0.478 e. The summed E-state index contributed by atoms with van der Waals surface area (Å²) in [6, 6.07) is 3.72. The van der Waals surface area contributed by atoms with Gasteiger partial charge in [0.2, 0.25) is 0 Å². The van der Waals surface area contributed by atoms with E-state index >= 15 is 0 Å². The smallest absolute Gasteiger partial charge is 0.336 e. The number of hydrogen-bond acceptors (Lipinski definition) is 2. The molecule has 106 valence electrons. The Kier molecular flexibility index (Phi) is 3.88. The van der Waals surface area contributed by atoms with Gasteiger partial charge in [-0.25, -0.2) is 9.18 Å². The highest BCUT2D eigenvalue weighted by Crippen LogP contribution is 2.30. The van der Waals surface area contributed by atoms with E-state index in [4.69, 9.17) is 0 Å². The number of benzene rings is 1. The Morgan fingerprint density at radius 3 is 2.70 bits per heavy atom. The molecule has 0 bridgehead atoms. The van der Waals surface area contributed by atoms with Crippen molar-refractivity contribution in [1.29, 1.82) is 0 Å². The van der Waals surface area contributed by atoms with Crippen LogP contribution in [0.2, 0.25) is 0 Å². The van der Waals surface area contributed by atoms with Crippen LogP contribution in [0.3, 0.4) is 0 Å². The van der Waals surface area contributed by atoms with Crippen molar-refractivity contribution in [2.75, 3.05) is 0 Å². The number of carboxylic acid groups (broad SMARTS) is 1. The lowest BCUT2D eigenvalue weighted by atomic mass is 9.98. The van der Waals surface area contributed by atoms with Crippen LogP contribution in [0.25, 0.3) is 11.1 Å². The zero-order chi connectivity index (χ0) is 14.9. The van der Waals surface area contributed by atoms with Crippen molar-refractivity contribution in [3.63, 3.8) is 0 Å². The van der Waals surface area contributed by atoms with E-state index in [0.29, 0.717) is 16.8 Å². The Balaban J connectivity index is 2.68. The quantitative estimate of drug-likeness (QED) is 0.931. The van der Waals surface area contributed by atoms with E-state index in [0.717, 1.165) is 24.7 Å². The van der Waals surface area contributed by atoms with E-state index in [1.165, 1.54) is 12.1 Å².